The number of benzene rings is 1. The van der Waals surface area contributed by atoms with E-state index >= 15 is 0 Å². The van der Waals surface area contributed by atoms with E-state index in [1.165, 1.54) is 0 Å². The molecule has 0 saturated carbocycles. The van der Waals surface area contributed by atoms with Gasteiger partial charge in [0.15, 0.2) is 0 Å². The molecule has 0 aliphatic carbocycles. The number of morpholine rings is 1. The minimum absolute atomic E-state index is 0.0876. The Bertz CT molecular complexity index is 815. The molecule has 1 atom stereocenters. The first-order valence-corrected chi connectivity index (χ1v) is 9.65. The Labute approximate surface area is 164 Å². The van der Waals surface area contributed by atoms with Crippen LogP contribution in [0.25, 0.3) is 0 Å². The van der Waals surface area contributed by atoms with Gasteiger partial charge in [-0.05, 0) is 44.0 Å². The maximum absolute atomic E-state index is 12.1. The van der Waals surface area contributed by atoms with E-state index < -0.39 is 0 Å². The summed E-state index contributed by atoms with van der Waals surface area (Å²) in [6.45, 7) is 5.70. The van der Waals surface area contributed by atoms with Crippen LogP contribution in [-0.2, 0) is 14.3 Å². The predicted octanol–water partition coefficient (Wildman–Crippen LogP) is 2.48. The van der Waals surface area contributed by atoms with E-state index in [-0.39, 0.29) is 12.0 Å². The van der Waals surface area contributed by atoms with E-state index in [1.807, 2.05) is 37.3 Å². The number of rotatable bonds is 5. The van der Waals surface area contributed by atoms with Gasteiger partial charge < -0.3 is 25.0 Å². The molecule has 2 aliphatic heterocycles. The van der Waals surface area contributed by atoms with Crippen LogP contribution >= 0.6 is 0 Å². The number of nitrogens with zero attached hydrogens (tertiary/aromatic N) is 3. The fourth-order valence-electron chi connectivity index (χ4n) is 3.34. The molecule has 4 rings (SSSR count). The topological polar surface area (TPSA) is 88.6 Å². The van der Waals surface area contributed by atoms with Crippen LogP contribution < -0.4 is 15.5 Å². The summed E-state index contributed by atoms with van der Waals surface area (Å²) in [4.78, 5) is 23.5. The number of aromatic nitrogens is 2. The van der Waals surface area contributed by atoms with E-state index in [0.29, 0.717) is 25.8 Å². The lowest BCUT2D eigenvalue weighted by Gasteiger charge is -2.28. The lowest BCUT2D eigenvalue weighted by atomic mass is 10.2. The summed E-state index contributed by atoms with van der Waals surface area (Å²) >= 11 is 0. The zero-order valence-corrected chi connectivity index (χ0v) is 16.0. The second-order valence-electron chi connectivity index (χ2n) is 6.98. The maximum atomic E-state index is 12.1. The lowest BCUT2D eigenvalue weighted by Crippen LogP contribution is -2.36. The largest absolute Gasteiger partial charge is 0.378 e. The molecule has 1 amide bonds. The molecule has 2 fully saturated rings. The van der Waals surface area contributed by atoms with E-state index in [4.69, 9.17) is 9.47 Å². The van der Waals surface area contributed by atoms with Gasteiger partial charge in [-0.3, -0.25) is 4.79 Å². The number of carbonyl (C=O) groups excluding carboxylic acids is 1. The third-order valence-electron chi connectivity index (χ3n) is 4.81. The van der Waals surface area contributed by atoms with E-state index in [2.05, 4.69) is 25.5 Å². The van der Waals surface area contributed by atoms with Crippen LogP contribution in [0, 0.1) is 6.92 Å². The molecule has 2 saturated heterocycles. The van der Waals surface area contributed by atoms with Crippen molar-refractivity contribution in [3.05, 3.63) is 36.0 Å². The summed E-state index contributed by atoms with van der Waals surface area (Å²) < 4.78 is 10.8. The number of anilines is 4. The quantitative estimate of drug-likeness (QED) is 0.820. The van der Waals surface area contributed by atoms with Gasteiger partial charge in [-0.2, -0.15) is 4.98 Å². The van der Waals surface area contributed by atoms with Crippen molar-refractivity contribution in [3.63, 3.8) is 0 Å². The monoisotopic (exact) mass is 383 g/mol. The number of ether oxygens (including phenoxy) is 2. The van der Waals surface area contributed by atoms with Crippen molar-refractivity contribution in [3.8, 4) is 0 Å². The molecule has 3 heterocycles. The van der Waals surface area contributed by atoms with Gasteiger partial charge in [0.25, 0.3) is 5.91 Å². The van der Waals surface area contributed by atoms with Crippen molar-refractivity contribution in [2.45, 2.75) is 25.9 Å². The number of carbonyl (C=O) groups is 1. The van der Waals surface area contributed by atoms with Gasteiger partial charge in [-0.15, -0.1) is 0 Å². The predicted molar refractivity (Wildman–Crippen MR) is 107 cm³/mol. The van der Waals surface area contributed by atoms with Gasteiger partial charge in [-0.1, -0.05) is 0 Å². The first-order chi connectivity index (χ1) is 13.7. The fraction of sp³-hybridized carbons (Fsp3) is 0.450. The number of hydrogen-bond donors (Lipinski definition) is 2. The molecule has 28 heavy (non-hydrogen) atoms. The van der Waals surface area contributed by atoms with Crippen molar-refractivity contribution in [1.29, 1.82) is 0 Å². The van der Waals surface area contributed by atoms with E-state index in [9.17, 15) is 4.79 Å². The molecule has 2 aliphatic rings. The highest BCUT2D eigenvalue weighted by molar-refractivity contribution is 5.94. The first kappa shape index (κ1) is 18.6. The molecule has 0 spiro atoms. The normalized spacial score (nSPS) is 19.5. The van der Waals surface area contributed by atoms with Crippen molar-refractivity contribution in [2.24, 2.45) is 0 Å². The van der Waals surface area contributed by atoms with Gasteiger partial charge in [0, 0.05) is 42.8 Å². The SMILES string of the molecule is Cc1cc(N2CCOCC2)nc(Nc2ccc(NC(=O)[C@H]3CCCO3)cc2)n1. The van der Waals surface area contributed by atoms with Crippen LogP contribution in [0.5, 0.6) is 0 Å². The third-order valence-corrected chi connectivity index (χ3v) is 4.81. The third kappa shape index (κ3) is 4.58. The Kier molecular flexibility index (Phi) is 5.68. The van der Waals surface area contributed by atoms with Crippen molar-refractivity contribution >= 4 is 29.0 Å². The van der Waals surface area contributed by atoms with E-state index in [1.54, 1.807) is 0 Å². The van der Waals surface area contributed by atoms with Gasteiger partial charge in [0.1, 0.15) is 11.9 Å². The summed E-state index contributed by atoms with van der Waals surface area (Å²) in [5, 5.41) is 6.14. The Balaban J connectivity index is 1.41. The number of amides is 1. The summed E-state index contributed by atoms with van der Waals surface area (Å²) in [7, 11) is 0. The van der Waals surface area contributed by atoms with Gasteiger partial charge >= 0.3 is 0 Å². The number of aryl methyl sites for hydroxylation is 1. The second kappa shape index (κ2) is 8.53. The first-order valence-electron chi connectivity index (χ1n) is 9.65. The number of hydrogen-bond acceptors (Lipinski definition) is 7. The molecule has 8 heteroatoms. The summed E-state index contributed by atoms with van der Waals surface area (Å²) in [6, 6.07) is 9.48. The molecule has 0 unspecified atom stereocenters. The number of nitrogens with one attached hydrogen (secondary N) is 2. The highest BCUT2D eigenvalue weighted by atomic mass is 16.5. The van der Waals surface area contributed by atoms with Crippen LogP contribution in [-0.4, -0.2) is 54.9 Å². The van der Waals surface area contributed by atoms with Crippen molar-refractivity contribution in [1.82, 2.24) is 9.97 Å². The maximum Gasteiger partial charge on any atom is 0.253 e. The highest BCUT2D eigenvalue weighted by Gasteiger charge is 2.23. The highest BCUT2D eigenvalue weighted by Crippen LogP contribution is 2.21. The van der Waals surface area contributed by atoms with Crippen LogP contribution in [0.15, 0.2) is 30.3 Å². The second-order valence-corrected chi connectivity index (χ2v) is 6.98. The minimum atomic E-state index is -0.336. The molecule has 8 nitrogen and oxygen atoms in total. The molecule has 0 radical (unpaired) electrons. The zero-order chi connectivity index (χ0) is 19.3. The smallest absolute Gasteiger partial charge is 0.253 e. The van der Waals surface area contributed by atoms with Crippen molar-refractivity contribution < 1.29 is 14.3 Å². The average Bonchev–Trinajstić information content (AvgIpc) is 3.25. The van der Waals surface area contributed by atoms with E-state index in [0.717, 1.165) is 48.8 Å². The zero-order valence-electron chi connectivity index (χ0n) is 16.0. The average molecular weight is 383 g/mol. The van der Waals surface area contributed by atoms with Gasteiger partial charge in [0.05, 0.1) is 13.2 Å². The van der Waals surface area contributed by atoms with Crippen molar-refractivity contribution in [2.75, 3.05) is 48.4 Å². The Morgan fingerprint density at radius 2 is 1.86 bits per heavy atom. The van der Waals surface area contributed by atoms with Crippen LogP contribution in [0.2, 0.25) is 0 Å². The summed E-state index contributed by atoms with van der Waals surface area (Å²) in [5.41, 5.74) is 2.50. The van der Waals surface area contributed by atoms with Gasteiger partial charge in [0.2, 0.25) is 5.95 Å². The molecule has 2 N–H and O–H groups in total. The molecule has 1 aromatic heterocycles. The lowest BCUT2D eigenvalue weighted by molar-refractivity contribution is -0.124. The fourth-order valence-corrected chi connectivity index (χ4v) is 3.34. The molecule has 0 bridgehead atoms. The van der Waals surface area contributed by atoms with Crippen LogP contribution in [0.3, 0.4) is 0 Å². The minimum Gasteiger partial charge on any atom is -0.378 e. The van der Waals surface area contributed by atoms with Gasteiger partial charge in [-0.25, -0.2) is 4.98 Å². The van der Waals surface area contributed by atoms with Crippen LogP contribution in [0.1, 0.15) is 18.5 Å². The summed E-state index contributed by atoms with van der Waals surface area (Å²) in [6.07, 6.45) is 1.38. The van der Waals surface area contributed by atoms with Crippen LogP contribution in [0.4, 0.5) is 23.1 Å². The molecule has 2 aromatic rings. The summed E-state index contributed by atoms with van der Waals surface area (Å²) in [5.74, 6) is 1.37. The standard InChI is InChI=1S/C20H25N5O3/c1-14-13-18(25-8-11-27-12-9-25)24-20(21-14)23-16-6-4-15(5-7-16)22-19(26)17-3-2-10-28-17/h4-7,13,17H,2-3,8-12H2,1H3,(H,22,26)(H,21,23,24)/t17-/m1/s1. The molecular formula is C20H25N5O3. The Morgan fingerprint density at radius 1 is 1.11 bits per heavy atom. The molecule has 1 aromatic carbocycles. The molecular weight excluding hydrogens is 358 g/mol. The molecule has 148 valence electrons. The Morgan fingerprint density at radius 3 is 2.57 bits per heavy atom. The Hall–Kier alpha value is -2.71.